The first-order chi connectivity index (χ1) is 4.81. The summed E-state index contributed by atoms with van der Waals surface area (Å²) in [7, 11) is 0. The fourth-order valence-electron chi connectivity index (χ4n) is 0.605. The van der Waals surface area contributed by atoms with Crippen LogP contribution in [0.3, 0.4) is 0 Å². The fourth-order valence-corrected chi connectivity index (χ4v) is 0.605. The SMILES string of the molecule is [CH]=C(C)CC(=O)OC(C)(C)C. The van der Waals surface area contributed by atoms with Crippen molar-refractivity contribution in [2.24, 2.45) is 0 Å². The Morgan fingerprint density at radius 3 is 2.18 bits per heavy atom. The van der Waals surface area contributed by atoms with Gasteiger partial charge in [0.05, 0.1) is 6.42 Å². The van der Waals surface area contributed by atoms with E-state index in [1.807, 2.05) is 20.8 Å². The van der Waals surface area contributed by atoms with Crippen LogP contribution < -0.4 is 0 Å². The topological polar surface area (TPSA) is 26.3 Å². The van der Waals surface area contributed by atoms with Crippen LogP contribution in [0.25, 0.3) is 0 Å². The summed E-state index contributed by atoms with van der Waals surface area (Å²) in [6.45, 7) is 12.5. The van der Waals surface area contributed by atoms with Gasteiger partial charge in [-0.05, 0) is 27.7 Å². The highest BCUT2D eigenvalue weighted by Gasteiger charge is 2.15. The zero-order valence-corrected chi connectivity index (χ0v) is 7.60. The van der Waals surface area contributed by atoms with E-state index >= 15 is 0 Å². The maximum Gasteiger partial charge on any atom is 0.310 e. The molecule has 0 bridgehead atoms. The molecule has 0 atom stereocenters. The first-order valence-corrected chi connectivity index (χ1v) is 3.61. The lowest BCUT2D eigenvalue weighted by atomic mass is 10.2. The molecule has 0 aliphatic carbocycles. The van der Waals surface area contributed by atoms with E-state index in [1.54, 1.807) is 6.92 Å². The number of rotatable bonds is 2. The normalized spacial score (nSPS) is 10.9. The molecule has 0 unspecified atom stereocenters. The Hall–Kier alpha value is -0.790. The van der Waals surface area contributed by atoms with Crippen molar-refractivity contribution in [2.45, 2.75) is 39.7 Å². The van der Waals surface area contributed by atoms with Crippen molar-refractivity contribution in [3.05, 3.63) is 12.2 Å². The standard InChI is InChI=1S/C9H15O2/c1-7(2)6-8(10)11-9(3,4)5/h1H,6H2,2-5H3. The Kier molecular flexibility index (Phi) is 3.30. The van der Waals surface area contributed by atoms with E-state index in [-0.39, 0.29) is 12.4 Å². The van der Waals surface area contributed by atoms with E-state index in [2.05, 4.69) is 0 Å². The van der Waals surface area contributed by atoms with Gasteiger partial charge >= 0.3 is 5.97 Å². The zero-order valence-electron chi connectivity index (χ0n) is 7.60. The summed E-state index contributed by atoms with van der Waals surface area (Å²) in [5.41, 5.74) is 0.172. The number of esters is 1. The van der Waals surface area contributed by atoms with Gasteiger partial charge in [-0.15, -0.1) is 0 Å². The molecule has 2 nitrogen and oxygen atoms in total. The maximum atomic E-state index is 10.9. The van der Waals surface area contributed by atoms with Gasteiger partial charge in [0.2, 0.25) is 0 Å². The largest absolute Gasteiger partial charge is 0.460 e. The van der Waals surface area contributed by atoms with Gasteiger partial charge in [-0.1, -0.05) is 12.2 Å². The van der Waals surface area contributed by atoms with Gasteiger partial charge in [-0.2, -0.15) is 0 Å². The molecule has 1 radical (unpaired) electrons. The number of hydrogen-bond acceptors (Lipinski definition) is 2. The maximum absolute atomic E-state index is 10.9. The average Bonchev–Trinajstić information content (AvgIpc) is 1.53. The van der Waals surface area contributed by atoms with E-state index < -0.39 is 5.60 Å². The van der Waals surface area contributed by atoms with Crippen LogP contribution in [0.4, 0.5) is 0 Å². The van der Waals surface area contributed by atoms with E-state index in [0.717, 1.165) is 0 Å². The molecule has 0 aromatic rings. The molecule has 0 saturated heterocycles. The molecule has 11 heavy (non-hydrogen) atoms. The first-order valence-electron chi connectivity index (χ1n) is 3.61. The third-order valence-electron chi connectivity index (χ3n) is 0.843. The first kappa shape index (κ1) is 10.2. The van der Waals surface area contributed by atoms with Crippen LogP contribution in [0.2, 0.25) is 0 Å². The Bertz CT molecular complexity index is 163. The molecule has 0 aromatic heterocycles. The third kappa shape index (κ3) is 7.10. The van der Waals surface area contributed by atoms with Gasteiger partial charge in [-0.25, -0.2) is 0 Å². The van der Waals surface area contributed by atoms with Crippen LogP contribution in [0.15, 0.2) is 5.57 Å². The molecule has 63 valence electrons. The lowest BCUT2D eigenvalue weighted by Crippen LogP contribution is -2.23. The van der Waals surface area contributed by atoms with Gasteiger partial charge in [0, 0.05) is 0 Å². The second-order valence-corrected chi connectivity index (χ2v) is 3.61. The van der Waals surface area contributed by atoms with Crippen molar-refractivity contribution >= 4 is 5.97 Å². The average molecular weight is 155 g/mol. The van der Waals surface area contributed by atoms with Crippen LogP contribution in [0.1, 0.15) is 34.1 Å². The Labute approximate surface area is 68.2 Å². The summed E-state index contributed by atoms with van der Waals surface area (Å²) >= 11 is 0. The van der Waals surface area contributed by atoms with E-state index in [4.69, 9.17) is 11.3 Å². The highest BCUT2D eigenvalue weighted by molar-refractivity contribution is 5.72. The molecule has 0 aliphatic rings. The highest BCUT2D eigenvalue weighted by atomic mass is 16.6. The van der Waals surface area contributed by atoms with Crippen LogP contribution >= 0.6 is 0 Å². The molecule has 0 aromatic carbocycles. The second-order valence-electron chi connectivity index (χ2n) is 3.61. The van der Waals surface area contributed by atoms with Crippen molar-refractivity contribution < 1.29 is 9.53 Å². The van der Waals surface area contributed by atoms with Crippen molar-refractivity contribution in [2.75, 3.05) is 0 Å². The molecular weight excluding hydrogens is 140 g/mol. The summed E-state index contributed by atoms with van der Waals surface area (Å²) in [5.74, 6) is -0.266. The molecule has 0 spiro atoms. The number of ether oxygens (including phenoxy) is 1. The minimum atomic E-state index is -0.410. The number of hydrogen-bond donors (Lipinski definition) is 0. The summed E-state index contributed by atoms with van der Waals surface area (Å²) in [6, 6.07) is 0. The fraction of sp³-hybridized carbons (Fsp3) is 0.667. The Morgan fingerprint density at radius 2 is 1.91 bits per heavy atom. The molecule has 0 N–H and O–H groups in total. The predicted octanol–water partition coefficient (Wildman–Crippen LogP) is 2.10. The lowest BCUT2D eigenvalue weighted by molar-refractivity contribution is -0.153. The van der Waals surface area contributed by atoms with E-state index in [9.17, 15) is 4.79 Å². The van der Waals surface area contributed by atoms with Gasteiger partial charge < -0.3 is 4.74 Å². The van der Waals surface area contributed by atoms with Gasteiger partial charge in [0.15, 0.2) is 0 Å². The number of carbonyl (C=O) groups is 1. The monoisotopic (exact) mass is 155 g/mol. The minimum Gasteiger partial charge on any atom is -0.460 e. The molecular formula is C9H15O2. The molecule has 0 rings (SSSR count). The molecule has 0 heterocycles. The van der Waals surface area contributed by atoms with Crippen LogP contribution in [0, 0.1) is 6.58 Å². The summed E-state index contributed by atoms with van der Waals surface area (Å²) < 4.78 is 5.01. The van der Waals surface area contributed by atoms with E-state index in [0.29, 0.717) is 5.57 Å². The lowest BCUT2D eigenvalue weighted by Gasteiger charge is -2.19. The van der Waals surface area contributed by atoms with Crippen LogP contribution in [-0.4, -0.2) is 11.6 Å². The molecule has 0 fully saturated rings. The predicted molar refractivity (Wildman–Crippen MR) is 43.9 cm³/mol. The zero-order chi connectivity index (χ0) is 9.07. The number of carbonyl (C=O) groups excluding carboxylic acids is 1. The highest BCUT2D eigenvalue weighted by Crippen LogP contribution is 2.09. The Balaban J connectivity index is 3.80. The van der Waals surface area contributed by atoms with Crippen LogP contribution in [-0.2, 0) is 9.53 Å². The Morgan fingerprint density at radius 1 is 1.45 bits per heavy atom. The second kappa shape index (κ2) is 3.56. The molecule has 2 heteroatoms. The molecule has 0 saturated carbocycles. The van der Waals surface area contributed by atoms with Gasteiger partial charge in [-0.3, -0.25) is 4.79 Å². The van der Waals surface area contributed by atoms with Gasteiger partial charge in [0.25, 0.3) is 0 Å². The minimum absolute atomic E-state index is 0.206. The summed E-state index contributed by atoms with van der Waals surface area (Å²) in [6.07, 6.45) is 0.206. The molecule has 0 amide bonds. The van der Waals surface area contributed by atoms with E-state index in [1.165, 1.54) is 0 Å². The summed E-state index contributed by atoms with van der Waals surface area (Å²) in [4.78, 5) is 10.9. The van der Waals surface area contributed by atoms with Crippen molar-refractivity contribution in [3.63, 3.8) is 0 Å². The van der Waals surface area contributed by atoms with Gasteiger partial charge in [0.1, 0.15) is 5.60 Å². The summed E-state index contributed by atoms with van der Waals surface area (Å²) in [5, 5.41) is 0. The van der Waals surface area contributed by atoms with Crippen molar-refractivity contribution in [1.29, 1.82) is 0 Å². The van der Waals surface area contributed by atoms with Crippen molar-refractivity contribution in [1.82, 2.24) is 0 Å². The third-order valence-corrected chi connectivity index (χ3v) is 0.843. The van der Waals surface area contributed by atoms with Crippen molar-refractivity contribution in [3.8, 4) is 0 Å². The molecule has 0 aliphatic heterocycles. The van der Waals surface area contributed by atoms with Crippen LogP contribution in [0.5, 0.6) is 0 Å². The smallest absolute Gasteiger partial charge is 0.310 e. The quantitative estimate of drug-likeness (QED) is 0.571.